The van der Waals surface area contributed by atoms with Crippen molar-refractivity contribution in [2.24, 2.45) is 5.92 Å². The van der Waals surface area contributed by atoms with Crippen molar-refractivity contribution in [3.05, 3.63) is 61.8 Å². The van der Waals surface area contributed by atoms with E-state index in [-0.39, 0.29) is 53.3 Å². The lowest BCUT2D eigenvalue weighted by Crippen LogP contribution is -2.49. The van der Waals surface area contributed by atoms with E-state index >= 15 is 0 Å². The van der Waals surface area contributed by atoms with Crippen LogP contribution in [0.2, 0.25) is 5.02 Å². The van der Waals surface area contributed by atoms with Gasteiger partial charge in [-0.2, -0.15) is 0 Å². The highest BCUT2D eigenvalue weighted by Crippen LogP contribution is 2.49. The molecule has 1 aromatic carbocycles. The minimum atomic E-state index is -0.702. The van der Waals surface area contributed by atoms with Crippen LogP contribution >= 0.6 is 11.6 Å². The number of pyridine rings is 1. The molecule has 3 heterocycles. The first-order valence-electron chi connectivity index (χ1n) is 12.9. The van der Waals surface area contributed by atoms with Gasteiger partial charge in [0.15, 0.2) is 5.75 Å². The number of ether oxygens (including phenoxy) is 1. The highest BCUT2D eigenvalue weighted by Gasteiger charge is 2.52. The first-order valence-corrected chi connectivity index (χ1v) is 13.3. The fraction of sp³-hybridized carbons (Fsp3) is 0.519. The SMILES string of the molecule is CO[C@@H]1CCCC[C@H]1N1C(=O)c2c3c(c(O)c(=O)n2[C@@H]1C1CC1)C(=O)N(Cc1ccc(F)c(Cl)c1)CC3. The summed E-state index contributed by atoms with van der Waals surface area (Å²) in [6.07, 6.45) is 5.16. The third kappa shape index (κ3) is 3.85. The molecule has 0 radical (unpaired) electrons. The van der Waals surface area contributed by atoms with Gasteiger partial charge in [0.1, 0.15) is 17.7 Å². The van der Waals surface area contributed by atoms with Crippen LogP contribution in [0.15, 0.2) is 23.0 Å². The zero-order valence-electron chi connectivity index (χ0n) is 20.6. The van der Waals surface area contributed by atoms with Crippen molar-refractivity contribution in [1.29, 1.82) is 0 Å². The van der Waals surface area contributed by atoms with Gasteiger partial charge in [-0.3, -0.25) is 19.0 Å². The van der Waals surface area contributed by atoms with Crippen LogP contribution in [0, 0.1) is 11.7 Å². The summed E-state index contributed by atoms with van der Waals surface area (Å²) in [6.45, 7) is 0.426. The molecule has 2 aromatic rings. The Morgan fingerprint density at radius 2 is 1.86 bits per heavy atom. The van der Waals surface area contributed by atoms with Gasteiger partial charge in [0.25, 0.3) is 17.4 Å². The summed E-state index contributed by atoms with van der Waals surface area (Å²) >= 11 is 5.90. The minimum Gasteiger partial charge on any atom is -0.502 e. The van der Waals surface area contributed by atoms with Crippen molar-refractivity contribution < 1.29 is 23.8 Å². The zero-order valence-corrected chi connectivity index (χ0v) is 21.3. The third-order valence-electron chi connectivity index (χ3n) is 8.33. The Bertz CT molecular complexity index is 1360. The number of methoxy groups -OCH3 is 1. The number of carbonyl (C=O) groups excluding carboxylic acids is 2. The Hall–Kier alpha value is -2.91. The molecule has 10 heteroatoms. The van der Waals surface area contributed by atoms with Crippen LogP contribution in [0.5, 0.6) is 5.75 Å². The number of nitrogens with zero attached hydrogens (tertiary/aromatic N) is 3. The topological polar surface area (TPSA) is 92.1 Å². The molecule has 0 bridgehead atoms. The number of aromatic hydroxyl groups is 1. The average molecular weight is 530 g/mol. The van der Waals surface area contributed by atoms with Crippen LogP contribution in [0.4, 0.5) is 4.39 Å². The first-order chi connectivity index (χ1) is 17.8. The summed E-state index contributed by atoms with van der Waals surface area (Å²) in [5.74, 6) is -1.81. The normalized spacial score (nSPS) is 25.4. The molecule has 0 unspecified atom stereocenters. The van der Waals surface area contributed by atoms with Gasteiger partial charge >= 0.3 is 0 Å². The number of halogens is 2. The second kappa shape index (κ2) is 9.13. The lowest BCUT2D eigenvalue weighted by atomic mass is 9.90. The van der Waals surface area contributed by atoms with Gasteiger partial charge < -0.3 is 19.6 Å². The molecule has 8 nitrogen and oxygen atoms in total. The number of hydrogen-bond acceptors (Lipinski definition) is 5. The molecular formula is C27H29ClFN3O5. The van der Waals surface area contributed by atoms with E-state index in [0.717, 1.165) is 38.5 Å². The van der Waals surface area contributed by atoms with Crippen LogP contribution in [0.3, 0.4) is 0 Å². The van der Waals surface area contributed by atoms with Gasteiger partial charge in [-0.25, -0.2) is 4.39 Å². The van der Waals surface area contributed by atoms with Crippen LogP contribution in [-0.2, 0) is 17.7 Å². The number of hydrogen-bond donors (Lipinski definition) is 1. The Labute approximate surface area is 218 Å². The van der Waals surface area contributed by atoms with Crippen LogP contribution in [0.1, 0.15) is 76.7 Å². The van der Waals surface area contributed by atoms with E-state index in [2.05, 4.69) is 0 Å². The summed E-state index contributed by atoms with van der Waals surface area (Å²) in [6, 6.07) is 4.07. The largest absolute Gasteiger partial charge is 0.502 e. The molecule has 2 aliphatic heterocycles. The van der Waals surface area contributed by atoms with E-state index in [0.29, 0.717) is 17.5 Å². The second-order valence-corrected chi connectivity index (χ2v) is 10.9. The summed E-state index contributed by atoms with van der Waals surface area (Å²) in [7, 11) is 1.66. The monoisotopic (exact) mass is 529 g/mol. The molecule has 0 spiro atoms. The van der Waals surface area contributed by atoms with Crippen LogP contribution in [0.25, 0.3) is 0 Å². The number of benzene rings is 1. The molecule has 1 N–H and O–H groups in total. The molecule has 2 saturated carbocycles. The summed E-state index contributed by atoms with van der Waals surface area (Å²) in [4.78, 5) is 44.4. The number of fused-ring (bicyclic) bond motifs is 3. The smallest absolute Gasteiger partial charge is 0.295 e. The molecule has 196 valence electrons. The van der Waals surface area contributed by atoms with E-state index in [1.54, 1.807) is 13.2 Å². The summed E-state index contributed by atoms with van der Waals surface area (Å²) < 4.78 is 20.8. The molecule has 2 amide bonds. The predicted octanol–water partition coefficient (Wildman–Crippen LogP) is 3.87. The van der Waals surface area contributed by atoms with Crippen molar-refractivity contribution in [2.75, 3.05) is 13.7 Å². The quantitative estimate of drug-likeness (QED) is 0.635. The fourth-order valence-electron chi connectivity index (χ4n) is 6.42. The zero-order chi connectivity index (χ0) is 26.0. The highest BCUT2D eigenvalue weighted by atomic mass is 35.5. The van der Waals surface area contributed by atoms with Crippen molar-refractivity contribution in [2.45, 2.75) is 69.8 Å². The number of rotatable bonds is 5. The van der Waals surface area contributed by atoms with Gasteiger partial charge in [-0.15, -0.1) is 0 Å². The third-order valence-corrected chi connectivity index (χ3v) is 8.62. The van der Waals surface area contributed by atoms with Crippen molar-refractivity contribution in [3.8, 4) is 5.75 Å². The van der Waals surface area contributed by atoms with Gasteiger partial charge in [-0.1, -0.05) is 30.5 Å². The fourth-order valence-corrected chi connectivity index (χ4v) is 6.62. The van der Waals surface area contributed by atoms with Gasteiger partial charge in [-0.05, 0) is 55.7 Å². The molecule has 1 aromatic heterocycles. The molecule has 0 saturated heterocycles. The highest BCUT2D eigenvalue weighted by molar-refractivity contribution is 6.30. The molecule has 2 fully saturated rings. The maximum absolute atomic E-state index is 14.0. The summed E-state index contributed by atoms with van der Waals surface area (Å²) in [5, 5.41) is 11.0. The van der Waals surface area contributed by atoms with Crippen molar-refractivity contribution in [3.63, 3.8) is 0 Å². The van der Waals surface area contributed by atoms with E-state index in [9.17, 15) is 23.9 Å². The second-order valence-electron chi connectivity index (χ2n) is 10.5. The molecular weight excluding hydrogens is 501 g/mol. The molecule has 4 aliphatic rings. The van der Waals surface area contributed by atoms with Crippen molar-refractivity contribution >= 4 is 23.4 Å². The lowest BCUT2D eigenvalue weighted by molar-refractivity contribution is -0.0263. The predicted molar refractivity (Wildman–Crippen MR) is 133 cm³/mol. The lowest BCUT2D eigenvalue weighted by Gasteiger charge is -2.40. The standard InChI is InChI=1S/C27H29ClFN3O5/c1-37-20-5-3-2-4-19(20)31-24(15-7-8-15)32-22(26(31)35)16-10-11-30(25(34)21(16)23(33)27(32)36)13-14-6-9-18(29)17(28)12-14/h6,9,12,15,19-20,24,33H,2-5,7-8,10-11,13H2,1H3/t19-,20-,24-/m1/s1. The maximum atomic E-state index is 14.0. The van der Waals surface area contributed by atoms with Gasteiger partial charge in [0.05, 0.1) is 22.7 Å². The van der Waals surface area contributed by atoms with Gasteiger partial charge in [0, 0.05) is 25.8 Å². The first kappa shape index (κ1) is 24.4. The Kier molecular flexibility index (Phi) is 6.03. The van der Waals surface area contributed by atoms with E-state index in [1.807, 2.05) is 4.90 Å². The molecule has 6 rings (SSSR count). The van der Waals surface area contributed by atoms with Crippen LogP contribution < -0.4 is 5.56 Å². The van der Waals surface area contributed by atoms with E-state index < -0.39 is 29.2 Å². The van der Waals surface area contributed by atoms with Crippen LogP contribution in [-0.4, -0.2) is 57.1 Å². The average Bonchev–Trinajstić information content (AvgIpc) is 3.69. The van der Waals surface area contributed by atoms with E-state index in [1.165, 1.54) is 21.6 Å². The Balaban J connectivity index is 1.41. The minimum absolute atomic E-state index is 0.0462. The van der Waals surface area contributed by atoms with Crippen molar-refractivity contribution in [1.82, 2.24) is 14.4 Å². The Morgan fingerprint density at radius 1 is 1.11 bits per heavy atom. The van der Waals surface area contributed by atoms with Gasteiger partial charge in [0.2, 0.25) is 0 Å². The summed E-state index contributed by atoms with van der Waals surface area (Å²) in [5.41, 5.74) is 0.476. The number of amides is 2. The maximum Gasteiger partial charge on any atom is 0.295 e. The number of carbonyl (C=O) groups is 2. The number of aromatic nitrogens is 1. The Morgan fingerprint density at radius 3 is 2.57 bits per heavy atom. The molecule has 3 atom stereocenters. The molecule has 37 heavy (non-hydrogen) atoms. The van der Waals surface area contributed by atoms with E-state index in [4.69, 9.17) is 16.3 Å². The molecule has 2 aliphatic carbocycles.